The lowest BCUT2D eigenvalue weighted by Gasteiger charge is -2.31. The van der Waals surface area contributed by atoms with E-state index >= 15 is 0 Å². The van der Waals surface area contributed by atoms with Gasteiger partial charge in [-0.2, -0.15) is 0 Å². The number of nitrogens with zero attached hydrogens (tertiary/aromatic N) is 3. The van der Waals surface area contributed by atoms with E-state index in [1.807, 2.05) is 0 Å². The monoisotopic (exact) mass is 329 g/mol. The van der Waals surface area contributed by atoms with Gasteiger partial charge in [-0.25, -0.2) is 4.98 Å². The van der Waals surface area contributed by atoms with E-state index in [9.17, 15) is 10.1 Å². The molecule has 0 saturated carbocycles. The zero-order valence-corrected chi connectivity index (χ0v) is 12.3. The average molecular weight is 330 g/mol. The molecule has 0 aromatic carbocycles. The highest BCUT2D eigenvalue weighted by molar-refractivity contribution is 9.10. The van der Waals surface area contributed by atoms with Crippen LogP contribution in [0.5, 0.6) is 5.88 Å². The summed E-state index contributed by atoms with van der Waals surface area (Å²) in [4.78, 5) is 16.7. The van der Waals surface area contributed by atoms with Gasteiger partial charge in [-0.05, 0) is 42.4 Å². The zero-order valence-electron chi connectivity index (χ0n) is 10.7. The van der Waals surface area contributed by atoms with E-state index < -0.39 is 4.92 Å². The van der Waals surface area contributed by atoms with Crippen molar-refractivity contribution in [2.24, 2.45) is 0 Å². The molecule has 6 nitrogen and oxygen atoms in total. The molecule has 1 saturated heterocycles. The molecule has 0 radical (unpaired) electrons. The smallest absolute Gasteiger partial charge is 0.332 e. The number of halogens is 1. The summed E-state index contributed by atoms with van der Waals surface area (Å²) >= 11 is 3.17. The Bertz CT molecular complexity index is 470. The maximum absolute atomic E-state index is 10.9. The highest BCUT2D eigenvalue weighted by Gasteiger charge is 2.22. The molecule has 0 bridgehead atoms. The van der Waals surface area contributed by atoms with Crippen molar-refractivity contribution in [3.63, 3.8) is 0 Å². The van der Waals surface area contributed by atoms with Crippen LogP contribution >= 0.6 is 15.9 Å². The number of nitro groups is 1. The Kier molecular flexibility index (Phi) is 4.71. The van der Waals surface area contributed by atoms with Crippen molar-refractivity contribution in [2.75, 3.05) is 20.2 Å². The molecule has 1 aromatic heterocycles. The SMILES string of the molecule is CN1CCCCC1COc1ncc(Br)cc1[N+](=O)[O-]. The van der Waals surface area contributed by atoms with Crippen molar-refractivity contribution in [2.45, 2.75) is 25.3 Å². The van der Waals surface area contributed by atoms with Gasteiger partial charge in [-0.1, -0.05) is 6.42 Å². The second kappa shape index (κ2) is 6.29. The van der Waals surface area contributed by atoms with Gasteiger partial charge >= 0.3 is 5.69 Å². The number of aromatic nitrogens is 1. The van der Waals surface area contributed by atoms with Gasteiger partial charge in [0.25, 0.3) is 5.88 Å². The Morgan fingerprint density at radius 2 is 2.42 bits per heavy atom. The van der Waals surface area contributed by atoms with Crippen LogP contribution in [0.15, 0.2) is 16.7 Å². The minimum Gasteiger partial charge on any atom is -0.471 e. The van der Waals surface area contributed by atoms with E-state index in [1.54, 1.807) is 0 Å². The van der Waals surface area contributed by atoms with Crippen LogP contribution in [0.2, 0.25) is 0 Å². The number of likely N-dealkylation sites (tertiary alicyclic amines) is 1. The molecule has 104 valence electrons. The molecular weight excluding hydrogens is 314 g/mol. The maximum Gasteiger partial charge on any atom is 0.332 e. The molecule has 1 atom stereocenters. The molecule has 0 aliphatic carbocycles. The lowest BCUT2D eigenvalue weighted by atomic mass is 10.0. The fourth-order valence-corrected chi connectivity index (χ4v) is 2.51. The summed E-state index contributed by atoms with van der Waals surface area (Å²) in [6.07, 6.45) is 4.94. The normalized spacial score (nSPS) is 20.2. The fourth-order valence-electron chi connectivity index (χ4n) is 2.19. The number of pyridine rings is 1. The molecule has 2 rings (SSSR count). The third-order valence-corrected chi connectivity index (χ3v) is 3.76. The highest BCUT2D eigenvalue weighted by Crippen LogP contribution is 2.28. The second-order valence-electron chi connectivity index (χ2n) is 4.68. The molecule has 0 spiro atoms. The van der Waals surface area contributed by atoms with Crippen LogP contribution in [-0.2, 0) is 0 Å². The predicted octanol–water partition coefficient (Wildman–Crippen LogP) is 2.62. The zero-order chi connectivity index (χ0) is 13.8. The lowest BCUT2D eigenvalue weighted by Crippen LogP contribution is -2.40. The number of hydrogen-bond donors (Lipinski definition) is 0. The van der Waals surface area contributed by atoms with Crippen molar-refractivity contribution < 1.29 is 9.66 Å². The molecule has 0 amide bonds. The average Bonchev–Trinajstić information content (AvgIpc) is 2.38. The topological polar surface area (TPSA) is 68.5 Å². The first-order chi connectivity index (χ1) is 9.08. The number of rotatable bonds is 4. The first kappa shape index (κ1) is 14.2. The number of hydrogen-bond acceptors (Lipinski definition) is 5. The van der Waals surface area contributed by atoms with E-state index in [-0.39, 0.29) is 11.6 Å². The molecule has 1 unspecified atom stereocenters. The molecule has 19 heavy (non-hydrogen) atoms. The largest absolute Gasteiger partial charge is 0.471 e. The van der Waals surface area contributed by atoms with E-state index in [2.05, 4.69) is 32.9 Å². The Morgan fingerprint density at radius 3 is 3.11 bits per heavy atom. The summed E-state index contributed by atoms with van der Waals surface area (Å²) in [5, 5.41) is 10.9. The molecule has 1 aromatic rings. The van der Waals surface area contributed by atoms with Crippen LogP contribution in [0, 0.1) is 10.1 Å². The first-order valence-corrected chi connectivity index (χ1v) is 7.00. The lowest BCUT2D eigenvalue weighted by molar-refractivity contribution is -0.386. The van der Waals surface area contributed by atoms with Crippen molar-refractivity contribution in [1.29, 1.82) is 0 Å². The number of ether oxygens (including phenoxy) is 1. The van der Waals surface area contributed by atoms with Crippen LogP contribution in [0.25, 0.3) is 0 Å². The molecule has 0 N–H and O–H groups in total. The van der Waals surface area contributed by atoms with Gasteiger partial charge in [0.1, 0.15) is 6.61 Å². The Morgan fingerprint density at radius 1 is 1.63 bits per heavy atom. The van der Waals surface area contributed by atoms with Gasteiger partial charge in [-0.15, -0.1) is 0 Å². The van der Waals surface area contributed by atoms with Crippen LogP contribution in [0.4, 0.5) is 5.69 Å². The summed E-state index contributed by atoms with van der Waals surface area (Å²) in [5.74, 6) is 0.0900. The van der Waals surface area contributed by atoms with Crippen LogP contribution in [0.3, 0.4) is 0 Å². The second-order valence-corrected chi connectivity index (χ2v) is 5.59. The standard InChI is InChI=1S/C12H16BrN3O3/c1-15-5-3-2-4-10(15)8-19-12-11(16(17)18)6-9(13)7-14-12/h6-7,10H,2-5,8H2,1H3. The molecule has 1 fully saturated rings. The van der Waals surface area contributed by atoms with Gasteiger partial charge in [0.15, 0.2) is 0 Å². The first-order valence-electron chi connectivity index (χ1n) is 6.21. The summed E-state index contributed by atoms with van der Waals surface area (Å²) in [7, 11) is 2.05. The van der Waals surface area contributed by atoms with Gasteiger partial charge in [0, 0.05) is 22.8 Å². The summed E-state index contributed by atoms with van der Waals surface area (Å²) < 4.78 is 6.12. The van der Waals surface area contributed by atoms with Gasteiger partial charge in [-0.3, -0.25) is 10.1 Å². The van der Waals surface area contributed by atoms with Crippen LogP contribution in [-0.4, -0.2) is 41.0 Å². The molecule has 7 heteroatoms. The number of piperidine rings is 1. The molecule has 2 heterocycles. The highest BCUT2D eigenvalue weighted by atomic mass is 79.9. The minimum absolute atomic E-state index is 0.0900. The molecular formula is C12H16BrN3O3. The summed E-state index contributed by atoms with van der Waals surface area (Å²) in [6.45, 7) is 1.48. The fraction of sp³-hybridized carbons (Fsp3) is 0.583. The van der Waals surface area contributed by atoms with Gasteiger partial charge in [0.2, 0.25) is 0 Å². The summed E-state index contributed by atoms with van der Waals surface area (Å²) in [5.41, 5.74) is -0.104. The number of likely N-dealkylation sites (N-methyl/N-ethyl adjacent to an activating group) is 1. The van der Waals surface area contributed by atoms with E-state index in [0.717, 1.165) is 13.0 Å². The van der Waals surface area contributed by atoms with E-state index in [4.69, 9.17) is 4.74 Å². The van der Waals surface area contributed by atoms with Crippen LogP contribution < -0.4 is 4.74 Å². The van der Waals surface area contributed by atoms with E-state index in [0.29, 0.717) is 17.1 Å². The van der Waals surface area contributed by atoms with Crippen molar-refractivity contribution in [3.05, 3.63) is 26.9 Å². The van der Waals surface area contributed by atoms with Gasteiger partial charge < -0.3 is 9.64 Å². The van der Waals surface area contributed by atoms with Crippen molar-refractivity contribution >= 4 is 21.6 Å². The quantitative estimate of drug-likeness (QED) is 0.627. The van der Waals surface area contributed by atoms with Crippen LogP contribution in [0.1, 0.15) is 19.3 Å². The third kappa shape index (κ3) is 3.63. The molecule has 1 aliphatic heterocycles. The predicted molar refractivity (Wildman–Crippen MR) is 74.4 cm³/mol. The Labute approximate surface area is 120 Å². The van der Waals surface area contributed by atoms with Crippen molar-refractivity contribution in [1.82, 2.24) is 9.88 Å². The van der Waals surface area contributed by atoms with Crippen molar-refractivity contribution in [3.8, 4) is 5.88 Å². The maximum atomic E-state index is 10.9. The molecule has 1 aliphatic rings. The third-order valence-electron chi connectivity index (χ3n) is 3.33. The summed E-state index contributed by atoms with van der Waals surface area (Å²) in [6, 6.07) is 1.71. The van der Waals surface area contributed by atoms with Gasteiger partial charge in [0.05, 0.1) is 4.92 Å². The Balaban J connectivity index is 2.04. The Hall–Kier alpha value is -1.21. The minimum atomic E-state index is -0.475. The van der Waals surface area contributed by atoms with E-state index in [1.165, 1.54) is 25.1 Å².